The third-order valence-electron chi connectivity index (χ3n) is 4.66. The fourth-order valence-corrected chi connectivity index (χ4v) is 5.95. The van der Waals surface area contributed by atoms with Gasteiger partial charge in [0.1, 0.15) is 15.0 Å². The molecule has 2 aromatic heterocycles. The number of halogens is 2. The molecule has 23 heavy (non-hydrogen) atoms. The fraction of sp³-hybridized carbons (Fsp3) is 0.625. The molecule has 4 nitrogen and oxygen atoms in total. The summed E-state index contributed by atoms with van der Waals surface area (Å²) < 4.78 is 9.23. The Labute approximate surface area is 158 Å². The number of fused-ring (bicyclic) bond motifs is 1. The average molecular weight is 464 g/mol. The first kappa shape index (κ1) is 17.6. The number of nitrogens with zero attached hydrogens (tertiary/aromatic N) is 3. The molecule has 0 saturated heterocycles. The van der Waals surface area contributed by atoms with Crippen LogP contribution in [0.15, 0.2) is 12.4 Å². The molecule has 0 aliphatic heterocycles. The van der Waals surface area contributed by atoms with E-state index in [1.54, 1.807) is 6.20 Å². The smallest absolute Gasteiger partial charge is 0.158 e. The number of imidazole rings is 1. The number of aromatic nitrogens is 3. The minimum Gasteiger partial charge on any atom is -0.421 e. The minimum absolute atomic E-state index is 0.203. The van der Waals surface area contributed by atoms with E-state index in [4.69, 9.17) is 21.0 Å². The van der Waals surface area contributed by atoms with Gasteiger partial charge in [0.15, 0.2) is 14.9 Å². The molecule has 2 heterocycles. The second-order valence-corrected chi connectivity index (χ2v) is 9.66. The monoisotopic (exact) mass is 463 g/mol. The predicted octanol–water partition coefficient (Wildman–Crippen LogP) is 4.04. The third-order valence-corrected chi connectivity index (χ3v) is 6.38. The summed E-state index contributed by atoms with van der Waals surface area (Å²) in [4.78, 5) is 8.94. The summed E-state index contributed by atoms with van der Waals surface area (Å²) in [6, 6.07) is 0. The standard InChI is InChI=1S/C16H23ClIN3OSi/c1-16(2,3)12(22-23-4)9-7-10(8-9)15-20-14(18)11-13(17)19-5-6-21(11)15/h5-6,9-10,12H,7-8,23H2,1-4H3/t9-,10+,12?. The maximum Gasteiger partial charge on any atom is 0.158 e. The summed E-state index contributed by atoms with van der Waals surface area (Å²) in [5.41, 5.74) is 1.13. The second-order valence-electron chi connectivity index (χ2n) is 7.37. The highest BCUT2D eigenvalue weighted by atomic mass is 127. The van der Waals surface area contributed by atoms with Crippen molar-refractivity contribution in [2.24, 2.45) is 11.3 Å². The van der Waals surface area contributed by atoms with Crippen molar-refractivity contribution < 1.29 is 4.43 Å². The van der Waals surface area contributed by atoms with Crippen LogP contribution in [0.25, 0.3) is 5.52 Å². The first-order chi connectivity index (χ1) is 10.8. The van der Waals surface area contributed by atoms with Crippen molar-refractivity contribution in [3.05, 3.63) is 27.1 Å². The first-order valence-corrected chi connectivity index (χ1v) is 11.6. The molecule has 2 aromatic rings. The molecule has 0 bridgehead atoms. The van der Waals surface area contributed by atoms with Crippen LogP contribution in [0.4, 0.5) is 0 Å². The molecule has 1 aliphatic rings. The summed E-state index contributed by atoms with van der Waals surface area (Å²) >= 11 is 8.48. The molecular weight excluding hydrogens is 441 g/mol. The number of rotatable bonds is 4. The topological polar surface area (TPSA) is 39.4 Å². The van der Waals surface area contributed by atoms with E-state index in [0.29, 0.717) is 23.1 Å². The molecule has 1 fully saturated rings. The Morgan fingerprint density at radius 3 is 2.74 bits per heavy atom. The lowest BCUT2D eigenvalue weighted by Gasteiger charge is -2.45. The normalized spacial score (nSPS) is 23.6. The Hall–Kier alpha value is -0.183. The molecule has 0 radical (unpaired) electrons. The highest BCUT2D eigenvalue weighted by molar-refractivity contribution is 14.1. The largest absolute Gasteiger partial charge is 0.421 e. The molecule has 1 aliphatic carbocycles. The third kappa shape index (κ3) is 3.32. The zero-order valence-corrected chi connectivity index (χ0v) is 18.3. The molecule has 3 rings (SSSR count). The molecular formula is C16H23ClIN3OSi. The second kappa shape index (κ2) is 6.61. The Morgan fingerprint density at radius 2 is 2.13 bits per heavy atom. The van der Waals surface area contributed by atoms with E-state index < -0.39 is 9.76 Å². The Morgan fingerprint density at radius 1 is 1.43 bits per heavy atom. The van der Waals surface area contributed by atoms with Crippen LogP contribution >= 0.6 is 34.2 Å². The summed E-state index contributed by atoms with van der Waals surface area (Å²) in [6.45, 7) is 9.07. The van der Waals surface area contributed by atoms with Crippen molar-refractivity contribution in [2.75, 3.05) is 0 Å². The van der Waals surface area contributed by atoms with Gasteiger partial charge in [-0.1, -0.05) is 38.9 Å². The van der Waals surface area contributed by atoms with E-state index >= 15 is 0 Å². The van der Waals surface area contributed by atoms with Gasteiger partial charge in [-0.25, -0.2) is 9.97 Å². The molecule has 1 unspecified atom stereocenters. The summed E-state index contributed by atoms with van der Waals surface area (Å²) in [5, 5.41) is 0.527. The van der Waals surface area contributed by atoms with Gasteiger partial charge in [0.25, 0.3) is 0 Å². The lowest BCUT2D eigenvalue weighted by molar-refractivity contribution is -0.00590. The van der Waals surface area contributed by atoms with Gasteiger partial charge in [-0.2, -0.15) is 0 Å². The molecule has 0 amide bonds. The van der Waals surface area contributed by atoms with Crippen LogP contribution in [0.3, 0.4) is 0 Å². The maximum atomic E-state index is 6.23. The summed E-state index contributed by atoms with van der Waals surface area (Å²) in [7, 11) is -0.394. The van der Waals surface area contributed by atoms with Gasteiger partial charge in [0.2, 0.25) is 0 Å². The van der Waals surface area contributed by atoms with Crippen LogP contribution in [-0.4, -0.2) is 30.2 Å². The molecule has 0 N–H and O–H groups in total. The van der Waals surface area contributed by atoms with Crippen molar-refractivity contribution in [1.82, 2.24) is 14.4 Å². The van der Waals surface area contributed by atoms with E-state index in [9.17, 15) is 0 Å². The quantitative estimate of drug-likeness (QED) is 0.507. The molecule has 126 valence electrons. The lowest BCUT2D eigenvalue weighted by Crippen LogP contribution is -2.43. The molecule has 1 saturated carbocycles. The van der Waals surface area contributed by atoms with Crippen molar-refractivity contribution >= 4 is 49.5 Å². The van der Waals surface area contributed by atoms with Crippen molar-refractivity contribution in [3.63, 3.8) is 0 Å². The Bertz CT molecular complexity index is 709. The van der Waals surface area contributed by atoms with Gasteiger partial charge in [-0.3, -0.25) is 4.40 Å². The van der Waals surface area contributed by atoms with Gasteiger partial charge in [-0.15, -0.1) is 0 Å². The van der Waals surface area contributed by atoms with Crippen molar-refractivity contribution in [1.29, 1.82) is 0 Å². The van der Waals surface area contributed by atoms with Crippen LogP contribution < -0.4 is 0 Å². The minimum atomic E-state index is -0.394. The zero-order valence-electron chi connectivity index (χ0n) is 14.0. The van der Waals surface area contributed by atoms with Gasteiger partial charge in [0, 0.05) is 18.3 Å². The summed E-state index contributed by atoms with van der Waals surface area (Å²) in [5.74, 6) is 2.24. The van der Waals surface area contributed by atoms with Crippen molar-refractivity contribution in [3.8, 4) is 0 Å². The van der Waals surface area contributed by atoms with Gasteiger partial charge >= 0.3 is 0 Å². The van der Waals surface area contributed by atoms with Crippen LogP contribution in [0, 0.1) is 15.0 Å². The van der Waals surface area contributed by atoms with Gasteiger partial charge in [0.05, 0.1) is 6.10 Å². The number of hydrogen-bond donors (Lipinski definition) is 0. The molecule has 0 aromatic carbocycles. The highest BCUT2D eigenvalue weighted by Gasteiger charge is 2.42. The van der Waals surface area contributed by atoms with Crippen LogP contribution in [0.5, 0.6) is 0 Å². The first-order valence-electron chi connectivity index (χ1n) is 8.12. The average Bonchev–Trinajstić information content (AvgIpc) is 2.74. The van der Waals surface area contributed by atoms with Gasteiger partial charge in [-0.05, 0) is 46.8 Å². The Balaban J connectivity index is 1.81. The van der Waals surface area contributed by atoms with E-state index in [2.05, 4.69) is 59.3 Å². The lowest BCUT2D eigenvalue weighted by atomic mass is 9.66. The molecule has 1 atom stereocenters. The van der Waals surface area contributed by atoms with Crippen LogP contribution in [0.1, 0.15) is 45.4 Å². The SMILES string of the molecule is C[SiH2]OC([C@H]1C[C@@H](c2nc(I)c3c(Cl)nccn32)C1)C(C)(C)C. The van der Waals surface area contributed by atoms with Crippen LogP contribution in [0.2, 0.25) is 11.7 Å². The van der Waals surface area contributed by atoms with Gasteiger partial charge < -0.3 is 4.43 Å². The van der Waals surface area contributed by atoms with E-state index in [0.717, 1.165) is 27.9 Å². The molecule has 0 spiro atoms. The zero-order chi connectivity index (χ0) is 16.8. The number of hydrogen-bond acceptors (Lipinski definition) is 3. The Kier molecular flexibility index (Phi) is 5.07. The predicted molar refractivity (Wildman–Crippen MR) is 105 cm³/mol. The fourth-order valence-electron chi connectivity index (χ4n) is 3.66. The van der Waals surface area contributed by atoms with E-state index in [1.165, 1.54) is 0 Å². The van der Waals surface area contributed by atoms with Crippen LogP contribution in [-0.2, 0) is 4.43 Å². The molecule has 7 heteroatoms. The van der Waals surface area contributed by atoms with E-state index in [1.807, 2.05) is 6.20 Å². The van der Waals surface area contributed by atoms with Crippen molar-refractivity contribution in [2.45, 2.75) is 52.2 Å². The maximum absolute atomic E-state index is 6.23. The summed E-state index contributed by atoms with van der Waals surface area (Å²) in [6.07, 6.45) is 6.37. The van der Waals surface area contributed by atoms with E-state index in [-0.39, 0.29) is 5.41 Å². The highest BCUT2D eigenvalue weighted by Crippen LogP contribution is 2.48.